The second-order valence-corrected chi connectivity index (χ2v) is 8.89. The highest BCUT2D eigenvalue weighted by atomic mass is 32.2. The van der Waals surface area contributed by atoms with E-state index >= 15 is 0 Å². The van der Waals surface area contributed by atoms with Gasteiger partial charge in [-0.25, -0.2) is 8.93 Å². The van der Waals surface area contributed by atoms with Gasteiger partial charge in [-0.3, -0.25) is 0 Å². The van der Waals surface area contributed by atoms with Crippen molar-refractivity contribution < 1.29 is 8.95 Å². The summed E-state index contributed by atoms with van der Waals surface area (Å²) in [6.07, 6.45) is -0.112. The van der Waals surface area contributed by atoms with Crippen LogP contribution in [0.15, 0.2) is 60.7 Å². The lowest BCUT2D eigenvalue weighted by Crippen LogP contribution is -2.40. The molecule has 0 fully saturated rings. The Bertz CT molecular complexity index is 638. The van der Waals surface area contributed by atoms with Crippen LogP contribution in [-0.2, 0) is 22.3 Å². The van der Waals surface area contributed by atoms with Crippen molar-refractivity contribution in [3.8, 4) is 0 Å². The van der Waals surface area contributed by atoms with E-state index in [-0.39, 0.29) is 16.9 Å². The third kappa shape index (κ3) is 5.55. The van der Waals surface area contributed by atoms with E-state index in [1.54, 1.807) is 0 Å². The minimum atomic E-state index is -1.17. The van der Waals surface area contributed by atoms with Crippen molar-refractivity contribution in [1.82, 2.24) is 4.72 Å². The average molecular weight is 346 g/mol. The summed E-state index contributed by atoms with van der Waals surface area (Å²) < 4.78 is 21.6. The molecule has 1 unspecified atom stereocenters. The Labute approximate surface area is 148 Å². The quantitative estimate of drug-likeness (QED) is 0.808. The Hall–Kier alpha value is -1.49. The van der Waals surface area contributed by atoms with E-state index in [1.165, 1.54) is 0 Å². The lowest BCUT2D eigenvalue weighted by atomic mass is 10.0. The molecule has 0 amide bonds. The zero-order valence-corrected chi connectivity index (χ0v) is 15.7. The molecule has 0 aliphatic rings. The molecular weight excluding hydrogens is 318 g/mol. The number of rotatable bonds is 7. The topological polar surface area (TPSA) is 38.3 Å². The molecule has 2 rings (SSSR count). The maximum atomic E-state index is 12.6. The normalized spacial score (nSPS) is 15.7. The van der Waals surface area contributed by atoms with Gasteiger partial charge < -0.3 is 4.74 Å². The molecule has 1 N–H and O–H groups in total. The fourth-order valence-corrected chi connectivity index (χ4v) is 3.20. The van der Waals surface area contributed by atoms with E-state index in [9.17, 15) is 4.21 Å². The Morgan fingerprint density at radius 2 is 1.54 bits per heavy atom. The fraction of sp³-hybridized carbons (Fsp3) is 0.400. The van der Waals surface area contributed by atoms with Crippen LogP contribution < -0.4 is 4.72 Å². The van der Waals surface area contributed by atoms with Crippen LogP contribution in [-0.4, -0.2) is 15.1 Å². The van der Waals surface area contributed by atoms with Gasteiger partial charge >= 0.3 is 0 Å². The van der Waals surface area contributed by atoms with Crippen LogP contribution in [0.5, 0.6) is 0 Å². The highest BCUT2D eigenvalue weighted by molar-refractivity contribution is 7.84. The molecule has 2 aromatic rings. The van der Waals surface area contributed by atoms with Crippen molar-refractivity contribution in [1.29, 1.82) is 0 Å². The number of nitrogens with one attached hydrogen (secondary N) is 1. The van der Waals surface area contributed by atoms with E-state index in [0.717, 1.165) is 11.1 Å². The molecule has 0 aliphatic heterocycles. The smallest absolute Gasteiger partial charge is 0.0976 e. The first-order chi connectivity index (χ1) is 11.4. The first-order valence-corrected chi connectivity index (χ1v) is 9.41. The van der Waals surface area contributed by atoms with Crippen molar-refractivity contribution in [2.75, 3.05) is 0 Å². The molecule has 0 spiro atoms. The number of hydrogen-bond donors (Lipinski definition) is 1. The molecule has 3 nitrogen and oxygen atoms in total. The summed E-state index contributed by atoms with van der Waals surface area (Å²) in [5.41, 5.74) is 2.21. The van der Waals surface area contributed by atoms with Gasteiger partial charge in [-0.2, -0.15) is 0 Å². The van der Waals surface area contributed by atoms with Gasteiger partial charge in [0.15, 0.2) is 0 Å². The summed E-state index contributed by atoms with van der Waals surface area (Å²) in [4.78, 5) is 0. The molecule has 130 valence electrons. The molecule has 0 aliphatic carbocycles. The van der Waals surface area contributed by atoms with Crippen LogP contribution in [0.3, 0.4) is 0 Å². The third-order valence-electron chi connectivity index (χ3n) is 3.77. The lowest BCUT2D eigenvalue weighted by Gasteiger charge is -2.29. The molecule has 0 saturated heterocycles. The largest absolute Gasteiger partial charge is 0.372 e. The van der Waals surface area contributed by atoms with E-state index in [2.05, 4.69) is 4.72 Å². The second-order valence-electron chi connectivity index (χ2n) is 6.89. The van der Waals surface area contributed by atoms with Crippen molar-refractivity contribution in [3.05, 3.63) is 71.8 Å². The van der Waals surface area contributed by atoms with Gasteiger partial charge in [-0.15, -0.1) is 0 Å². The van der Waals surface area contributed by atoms with Crippen LogP contribution >= 0.6 is 0 Å². The molecule has 0 aromatic heterocycles. The Kier molecular flexibility index (Phi) is 6.72. The molecule has 4 heteroatoms. The first kappa shape index (κ1) is 18.8. The molecule has 2 aromatic carbocycles. The SMILES string of the molecule is C[C@H](OCc1ccccc1)[C@H](NS(=O)C(C)(C)C)c1ccccc1. The predicted molar refractivity (Wildman–Crippen MR) is 101 cm³/mol. The molecule has 0 heterocycles. The monoisotopic (exact) mass is 345 g/mol. The molecular formula is C20H27NO2S. The van der Waals surface area contributed by atoms with Gasteiger partial charge in [-0.05, 0) is 38.8 Å². The highest BCUT2D eigenvalue weighted by Crippen LogP contribution is 2.23. The van der Waals surface area contributed by atoms with Crippen molar-refractivity contribution in [2.45, 2.75) is 51.2 Å². The van der Waals surface area contributed by atoms with Gasteiger partial charge in [0.25, 0.3) is 0 Å². The second kappa shape index (κ2) is 8.56. The number of benzene rings is 2. The minimum absolute atomic E-state index is 0.112. The Morgan fingerprint density at radius 1 is 1.00 bits per heavy atom. The summed E-state index contributed by atoms with van der Waals surface area (Å²) in [6, 6.07) is 20.0. The van der Waals surface area contributed by atoms with Crippen molar-refractivity contribution in [3.63, 3.8) is 0 Å². The summed E-state index contributed by atoms with van der Waals surface area (Å²) in [5.74, 6) is 0. The third-order valence-corrected chi connectivity index (χ3v) is 5.35. The van der Waals surface area contributed by atoms with E-state index in [1.807, 2.05) is 88.4 Å². The zero-order chi connectivity index (χ0) is 17.6. The van der Waals surface area contributed by atoms with E-state index in [4.69, 9.17) is 4.74 Å². The Morgan fingerprint density at radius 3 is 2.08 bits per heavy atom. The van der Waals surface area contributed by atoms with Gasteiger partial charge in [0.2, 0.25) is 0 Å². The van der Waals surface area contributed by atoms with Crippen LogP contribution in [0.4, 0.5) is 0 Å². The summed E-state index contributed by atoms with van der Waals surface area (Å²) in [7, 11) is -1.17. The Balaban J connectivity index is 2.11. The summed E-state index contributed by atoms with van der Waals surface area (Å²) >= 11 is 0. The molecule has 0 radical (unpaired) electrons. The molecule has 0 saturated carbocycles. The maximum Gasteiger partial charge on any atom is 0.0976 e. The van der Waals surface area contributed by atoms with E-state index < -0.39 is 11.0 Å². The number of hydrogen-bond acceptors (Lipinski definition) is 2. The molecule has 3 atom stereocenters. The standard InChI is InChI=1S/C20H27NO2S/c1-16(23-15-17-11-7-5-8-12-17)19(18-13-9-6-10-14-18)21-24(22)20(2,3)4/h5-14,16,19,21H,15H2,1-4H3/t16-,19-,24?/m0/s1. The zero-order valence-electron chi connectivity index (χ0n) is 14.9. The van der Waals surface area contributed by atoms with Crippen molar-refractivity contribution >= 4 is 11.0 Å². The average Bonchev–Trinajstić information content (AvgIpc) is 2.58. The number of ether oxygens (including phenoxy) is 1. The van der Waals surface area contributed by atoms with Crippen molar-refractivity contribution in [2.24, 2.45) is 0 Å². The van der Waals surface area contributed by atoms with Crippen LogP contribution in [0.1, 0.15) is 44.9 Å². The van der Waals surface area contributed by atoms with Crippen LogP contribution in [0.2, 0.25) is 0 Å². The first-order valence-electron chi connectivity index (χ1n) is 8.26. The van der Waals surface area contributed by atoms with Gasteiger partial charge in [0.1, 0.15) is 0 Å². The van der Waals surface area contributed by atoms with E-state index in [0.29, 0.717) is 6.61 Å². The predicted octanol–water partition coefficient (Wildman–Crippen LogP) is 4.38. The van der Waals surface area contributed by atoms with Crippen LogP contribution in [0, 0.1) is 0 Å². The van der Waals surface area contributed by atoms with Crippen LogP contribution in [0.25, 0.3) is 0 Å². The fourth-order valence-electron chi connectivity index (χ4n) is 2.29. The summed E-state index contributed by atoms with van der Waals surface area (Å²) in [5, 5.41) is 0. The molecule has 0 bridgehead atoms. The summed E-state index contributed by atoms with van der Waals surface area (Å²) in [6.45, 7) is 8.46. The van der Waals surface area contributed by atoms with Gasteiger partial charge in [-0.1, -0.05) is 60.7 Å². The lowest BCUT2D eigenvalue weighted by molar-refractivity contribution is 0.0321. The van der Waals surface area contributed by atoms with Gasteiger partial charge in [0, 0.05) is 0 Å². The molecule has 24 heavy (non-hydrogen) atoms. The van der Waals surface area contributed by atoms with Gasteiger partial charge in [0.05, 0.1) is 34.5 Å². The maximum absolute atomic E-state index is 12.6. The highest BCUT2D eigenvalue weighted by Gasteiger charge is 2.27. The minimum Gasteiger partial charge on any atom is -0.372 e.